The number of carbonyl (C=O) groups is 1. The Morgan fingerprint density at radius 1 is 1.11 bits per heavy atom. The molecule has 3 nitrogen and oxygen atoms in total. The zero-order valence-corrected chi connectivity index (χ0v) is 12.2. The molecular weight excluding hydrogens is 224 g/mol. The van der Waals surface area contributed by atoms with Crippen molar-refractivity contribution in [2.75, 3.05) is 13.1 Å². The van der Waals surface area contributed by atoms with Crippen molar-refractivity contribution in [2.45, 2.75) is 47.5 Å². The highest BCUT2D eigenvalue weighted by atomic mass is 16.2. The Kier molecular flexibility index (Phi) is 5.32. The molecular formula is C15H24N2O. The second-order valence-corrected chi connectivity index (χ2v) is 4.82. The van der Waals surface area contributed by atoms with Crippen LogP contribution in [0.1, 0.15) is 54.0 Å². The molecule has 0 saturated heterocycles. The number of pyridine rings is 1. The first kappa shape index (κ1) is 14.7. The van der Waals surface area contributed by atoms with E-state index in [1.165, 1.54) is 0 Å². The third kappa shape index (κ3) is 3.31. The summed E-state index contributed by atoms with van der Waals surface area (Å²) in [4.78, 5) is 18.9. The standard InChI is InChI=1S/C15H24N2O/c1-6-8-17(9-7-2)15(18)14-10-11(3)12(4)16-13(14)5/h10H,6-9H2,1-5H3. The molecule has 0 unspecified atom stereocenters. The van der Waals surface area contributed by atoms with E-state index < -0.39 is 0 Å². The Labute approximate surface area is 110 Å². The van der Waals surface area contributed by atoms with Crippen molar-refractivity contribution in [1.82, 2.24) is 9.88 Å². The van der Waals surface area contributed by atoms with Crippen LogP contribution < -0.4 is 0 Å². The lowest BCUT2D eigenvalue weighted by atomic mass is 10.1. The third-order valence-corrected chi connectivity index (χ3v) is 3.16. The molecule has 1 aromatic heterocycles. The molecule has 0 bridgehead atoms. The summed E-state index contributed by atoms with van der Waals surface area (Å²) in [6, 6.07) is 1.97. The lowest BCUT2D eigenvalue weighted by molar-refractivity contribution is 0.0754. The van der Waals surface area contributed by atoms with Gasteiger partial charge in [0.1, 0.15) is 0 Å². The topological polar surface area (TPSA) is 33.2 Å². The normalized spacial score (nSPS) is 10.5. The number of nitrogens with zero attached hydrogens (tertiary/aromatic N) is 2. The first-order valence-corrected chi connectivity index (χ1v) is 6.75. The molecule has 100 valence electrons. The van der Waals surface area contributed by atoms with Crippen LogP contribution in [0, 0.1) is 20.8 Å². The number of hydrogen-bond donors (Lipinski definition) is 0. The van der Waals surface area contributed by atoms with Crippen molar-refractivity contribution in [1.29, 1.82) is 0 Å². The fourth-order valence-electron chi connectivity index (χ4n) is 2.07. The molecule has 0 saturated carbocycles. The quantitative estimate of drug-likeness (QED) is 0.801. The van der Waals surface area contributed by atoms with Gasteiger partial charge in [0, 0.05) is 18.8 Å². The minimum Gasteiger partial charge on any atom is -0.339 e. The van der Waals surface area contributed by atoms with Gasteiger partial charge in [0.25, 0.3) is 5.91 Å². The molecule has 1 amide bonds. The highest BCUT2D eigenvalue weighted by Gasteiger charge is 2.17. The largest absolute Gasteiger partial charge is 0.339 e. The van der Waals surface area contributed by atoms with E-state index in [1.807, 2.05) is 31.7 Å². The monoisotopic (exact) mass is 248 g/mol. The molecule has 3 heteroatoms. The fraction of sp³-hybridized carbons (Fsp3) is 0.600. The highest BCUT2D eigenvalue weighted by molar-refractivity contribution is 5.95. The number of aryl methyl sites for hydroxylation is 3. The molecule has 0 N–H and O–H groups in total. The van der Waals surface area contributed by atoms with Gasteiger partial charge in [-0.15, -0.1) is 0 Å². The first-order chi connectivity index (χ1) is 8.51. The Bertz CT molecular complexity index is 421. The third-order valence-electron chi connectivity index (χ3n) is 3.16. The maximum Gasteiger partial charge on any atom is 0.255 e. The fourth-order valence-corrected chi connectivity index (χ4v) is 2.07. The van der Waals surface area contributed by atoms with Crippen LogP contribution in [0.15, 0.2) is 6.07 Å². The van der Waals surface area contributed by atoms with Crippen molar-refractivity contribution in [3.63, 3.8) is 0 Å². The summed E-state index contributed by atoms with van der Waals surface area (Å²) >= 11 is 0. The van der Waals surface area contributed by atoms with Gasteiger partial charge >= 0.3 is 0 Å². The van der Waals surface area contributed by atoms with Gasteiger partial charge < -0.3 is 4.90 Å². The van der Waals surface area contributed by atoms with Gasteiger partial charge in [-0.1, -0.05) is 13.8 Å². The average molecular weight is 248 g/mol. The molecule has 1 heterocycles. The lowest BCUT2D eigenvalue weighted by Gasteiger charge is -2.22. The highest BCUT2D eigenvalue weighted by Crippen LogP contribution is 2.14. The zero-order chi connectivity index (χ0) is 13.7. The Hall–Kier alpha value is -1.38. The zero-order valence-electron chi connectivity index (χ0n) is 12.2. The van der Waals surface area contributed by atoms with Gasteiger partial charge in [-0.25, -0.2) is 0 Å². The SMILES string of the molecule is CCCN(CCC)C(=O)c1cc(C)c(C)nc1C. The van der Waals surface area contributed by atoms with E-state index in [0.717, 1.165) is 48.4 Å². The molecule has 0 radical (unpaired) electrons. The van der Waals surface area contributed by atoms with E-state index in [-0.39, 0.29) is 5.91 Å². The van der Waals surface area contributed by atoms with E-state index in [4.69, 9.17) is 0 Å². The molecule has 0 aliphatic rings. The van der Waals surface area contributed by atoms with E-state index in [0.29, 0.717) is 0 Å². The average Bonchev–Trinajstić information content (AvgIpc) is 2.33. The minimum atomic E-state index is 0.117. The summed E-state index contributed by atoms with van der Waals surface area (Å²) in [5.74, 6) is 0.117. The van der Waals surface area contributed by atoms with Gasteiger partial charge in [0.15, 0.2) is 0 Å². The summed E-state index contributed by atoms with van der Waals surface area (Å²) in [7, 11) is 0. The molecule has 0 aliphatic carbocycles. The van der Waals surface area contributed by atoms with Crippen LogP contribution >= 0.6 is 0 Å². The molecule has 0 spiro atoms. The van der Waals surface area contributed by atoms with E-state index >= 15 is 0 Å². The van der Waals surface area contributed by atoms with Crippen LogP contribution in [0.3, 0.4) is 0 Å². The minimum absolute atomic E-state index is 0.117. The van der Waals surface area contributed by atoms with Crippen molar-refractivity contribution in [2.24, 2.45) is 0 Å². The number of hydrogen-bond acceptors (Lipinski definition) is 2. The van der Waals surface area contributed by atoms with Crippen LogP contribution in [-0.4, -0.2) is 28.9 Å². The van der Waals surface area contributed by atoms with E-state index in [2.05, 4.69) is 18.8 Å². The van der Waals surface area contributed by atoms with Gasteiger partial charge in [0.05, 0.1) is 11.3 Å². The maximum absolute atomic E-state index is 12.5. The van der Waals surface area contributed by atoms with Gasteiger partial charge in [0.2, 0.25) is 0 Å². The van der Waals surface area contributed by atoms with Crippen molar-refractivity contribution < 1.29 is 4.79 Å². The summed E-state index contributed by atoms with van der Waals surface area (Å²) in [6.07, 6.45) is 1.98. The summed E-state index contributed by atoms with van der Waals surface area (Å²) in [6.45, 7) is 11.7. The van der Waals surface area contributed by atoms with Crippen LogP contribution in [-0.2, 0) is 0 Å². The molecule has 1 aromatic rings. The molecule has 0 aliphatic heterocycles. The van der Waals surface area contributed by atoms with Gasteiger partial charge in [-0.05, 0) is 45.2 Å². The van der Waals surface area contributed by atoms with Crippen molar-refractivity contribution in [3.05, 3.63) is 28.6 Å². The van der Waals surface area contributed by atoms with Gasteiger partial charge in [-0.2, -0.15) is 0 Å². The molecule has 0 fully saturated rings. The van der Waals surface area contributed by atoms with E-state index in [9.17, 15) is 4.79 Å². The Balaban J connectivity index is 3.04. The van der Waals surface area contributed by atoms with Crippen molar-refractivity contribution in [3.8, 4) is 0 Å². The van der Waals surface area contributed by atoms with E-state index in [1.54, 1.807) is 0 Å². The number of aromatic nitrogens is 1. The number of carbonyl (C=O) groups excluding carboxylic acids is 1. The lowest BCUT2D eigenvalue weighted by Crippen LogP contribution is -2.33. The summed E-state index contributed by atoms with van der Waals surface area (Å²) in [5.41, 5.74) is 3.67. The van der Waals surface area contributed by atoms with Crippen LogP contribution in [0.5, 0.6) is 0 Å². The Morgan fingerprint density at radius 3 is 2.17 bits per heavy atom. The second-order valence-electron chi connectivity index (χ2n) is 4.82. The second kappa shape index (κ2) is 6.53. The summed E-state index contributed by atoms with van der Waals surface area (Å²) < 4.78 is 0. The molecule has 0 aromatic carbocycles. The van der Waals surface area contributed by atoms with Crippen LogP contribution in [0.2, 0.25) is 0 Å². The molecule has 0 atom stereocenters. The smallest absolute Gasteiger partial charge is 0.255 e. The van der Waals surface area contributed by atoms with Crippen LogP contribution in [0.25, 0.3) is 0 Å². The molecule has 1 rings (SSSR count). The maximum atomic E-state index is 12.5. The first-order valence-electron chi connectivity index (χ1n) is 6.75. The number of amides is 1. The number of rotatable bonds is 5. The Morgan fingerprint density at radius 2 is 1.67 bits per heavy atom. The summed E-state index contributed by atoms with van der Waals surface area (Å²) in [5, 5.41) is 0. The van der Waals surface area contributed by atoms with Crippen LogP contribution in [0.4, 0.5) is 0 Å². The predicted octanol–water partition coefficient (Wildman–Crippen LogP) is 3.27. The van der Waals surface area contributed by atoms with Crippen molar-refractivity contribution >= 4 is 5.91 Å². The molecule has 18 heavy (non-hydrogen) atoms. The predicted molar refractivity (Wildman–Crippen MR) is 74.9 cm³/mol. The van der Waals surface area contributed by atoms with Gasteiger partial charge in [-0.3, -0.25) is 9.78 Å².